The molecule has 0 bridgehead atoms. The van der Waals surface area contributed by atoms with Crippen LogP contribution in [0.5, 0.6) is 0 Å². The highest BCUT2D eigenvalue weighted by atomic mass is 35.5. The highest BCUT2D eigenvalue weighted by molar-refractivity contribution is 7.89. The number of carbonyl (C=O) groups is 2. The molecule has 33 heavy (non-hydrogen) atoms. The van der Waals surface area contributed by atoms with Gasteiger partial charge in [-0.3, -0.25) is 14.5 Å². The van der Waals surface area contributed by atoms with Gasteiger partial charge >= 0.3 is 0 Å². The quantitative estimate of drug-likeness (QED) is 0.639. The summed E-state index contributed by atoms with van der Waals surface area (Å²) in [5, 5.41) is 3.52. The molecular formula is C23H27ClN4O4S. The normalized spacial score (nSPS) is 20.2. The summed E-state index contributed by atoms with van der Waals surface area (Å²) >= 11 is 5.91. The number of benzene rings is 2. The van der Waals surface area contributed by atoms with Crippen LogP contribution in [0.3, 0.4) is 0 Å². The number of sulfonamides is 1. The molecule has 2 amide bonds. The number of rotatable bonds is 7. The van der Waals surface area contributed by atoms with Crippen molar-refractivity contribution >= 4 is 39.1 Å². The predicted octanol–water partition coefficient (Wildman–Crippen LogP) is 1.82. The van der Waals surface area contributed by atoms with Crippen LogP contribution in [0.2, 0.25) is 5.02 Å². The molecule has 2 saturated heterocycles. The van der Waals surface area contributed by atoms with Crippen LogP contribution < -0.4 is 10.2 Å². The molecule has 1 N–H and O–H groups in total. The van der Waals surface area contributed by atoms with E-state index in [4.69, 9.17) is 11.6 Å². The number of amides is 2. The Hall–Kier alpha value is -2.46. The molecule has 2 aliphatic heterocycles. The van der Waals surface area contributed by atoms with Crippen molar-refractivity contribution in [1.29, 1.82) is 0 Å². The molecule has 176 valence electrons. The summed E-state index contributed by atoms with van der Waals surface area (Å²) < 4.78 is 27.0. The molecule has 0 spiro atoms. The molecular weight excluding hydrogens is 464 g/mol. The van der Waals surface area contributed by atoms with E-state index in [1.807, 2.05) is 0 Å². The lowest BCUT2D eigenvalue weighted by Crippen LogP contribution is -2.50. The number of nitrogens with zero attached hydrogens (tertiary/aromatic N) is 3. The minimum Gasteiger partial charge on any atom is -0.355 e. The summed E-state index contributed by atoms with van der Waals surface area (Å²) in [6, 6.07) is 15.5. The van der Waals surface area contributed by atoms with Crippen molar-refractivity contribution in [3.05, 3.63) is 59.6 Å². The lowest BCUT2D eigenvalue weighted by atomic mass is 10.1. The van der Waals surface area contributed by atoms with Crippen LogP contribution >= 0.6 is 11.6 Å². The number of hydrogen-bond acceptors (Lipinski definition) is 5. The van der Waals surface area contributed by atoms with Gasteiger partial charge in [0.2, 0.25) is 21.8 Å². The van der Waals surface area contributed by atoms with Crippen LogP contribution in [0.25, 0.3) is 0 Å². The van der Waals surface area contributed by atoms with E-state index in [1.54, 1.807) is 59.5 Å². The fraction of sp³-hybridized carbons (Fsp3) is 0.391. The van der Waals surface area contributed by atoms with Crippen molar-refractivity contribution < 1.29 is 18.0 Å². The maximum absolute atomic E-state index is 12.7. The molecule has 0 aliphatic carbocycles. The van der Waals surface area contributed by atoms with Crippen molar-refractivity contribution in [2.45, 2.75) is 11.3 Å². The Morgan fingerprint density at radius 3 is 2.33 bits per heavy atom. The number of hydrogen-bond donors (Lipinski definition) is 1. The van der Waals surface area contributed by atoms with E-state index in [0.29, 0.717) is 55.7 Å². The molecule has 2 fully saturated rings. The van der Waals surface area contributed by atoms with Gasteiger partial charge in [-0.15, -0.1) is 0 Å². The Bertz CT molecular complexity index is 1090. The SMILES string of the molecule is O=C(NCCN1CCN(S(=O)(=O)c2ccccc2)CC1)C1CC(=O)N(c2ccc(Cl)cc2)C1. The molecule has 1 unspecified atom stereocenters. The van der Waals surface area contributed by atoms with Gasteiger partial charge < -0.3 is 10.2 Å². The van der Waals surface area contributed by atoms with Crippen LogP contribution in [0.1, 0.15) is 6.42 Å². The van der Waals surface area contributed by atoms with Gasteiger partial charge in [0.15, 0.2) is 0 Å². The lowest BCUT2D eigenvalue weighted by Gasteiger charge is -2.34. The monoisotopic (exact) mass is 490 g/mol. The maximum Gasteiger partial charge on any atom is 0.243 e. The van der Waals surface area contributed by atoms with Crippen LogP contribution in [-0.2, 0) is 19.6 Å². The minimum atomic E-state index is -3.47. The van der Waals surface area contributed by atoms with E-state index in [-0.39, 0.29) is 24.2 Å². The van der Waals surface area contributed by atoms with Crippen LogP contribution in [0, 0.1) is 5.92 Å². The first-order valence-electron chi connectivity index (χ1n) is 11.0. The van der Waals surface area contributed by atoms with E-state index in [9.17, 15) is 18.0 Å². The van der Waals surface area contributed by atoms with E-state index in [2.05, 4.69) is 10.2 Å². The Labute approximate surface area is 199 Å². The number of carbonyl (C=O) groups excluding carboxylic acids is 2. The fourth-order valence-corrected chi connectivity index (χ4v) is 5.74. The second-order valence-corrected chi connectivity index (χ2v) is 10.6. The zero-order valence-corrected chi connectivity index (χ0v) is 19.8. The molecule has 4 rings (SSSR count). The zero-order valence-electron chi connectivity index (χ0n) is 18.2. The number of halogens is 1. The summed E-state index contributed by atoms with van der Waals surface area (Å²) in [5.74, 6) is -0.598. The third kappa shape index (κ3) is 5.55. The second-order valence-electron chi connectivity index (χ2n) is 8.23. The summed E-state index contributed by atoms with van der Waals surface area (Å²) in [4.78, 5) is 29.0. The molecule has 0 saturated carbocycles. The topological polar surface area (TPSA) is 90.0 Å². The molecule has 1 atom stereocenters. The zero-order chi connectivity index (χ0) is 23.4. The van der Waals surface area contributed by atoms with Gasteiger partial charge in [-0.1, -0.05) is 29.8 Å². The first-order valence-corrected chi connectivity index (χ1v) is 12.8. The maximum atomic E-state index is 12.7. The third-order valence-corrected chi connectivity index (χ3v) is 8.24. The van der Waals surface area contributed by atoms with E-state index in [0.717, 1.165) is 5.69 Å². The van der Waals surface area contributed by atoms with Crippen molar-refractivity contribution in [2.75, 3.05) is 50.7 Å². The standard InChI is InChI=1S/C23H27ClN4O4S/c24-19-6-8-20(9-7-19)28-17-18(16-22(28)29)23(30)25-10-11-26-12-14-27(15-13-26)33(31,32)21-4-2-1-3-5-21/h1-9,18H,10-17H2,(H,25,30). The Balaban J connectivity index is 1.21. The largest absolute Gasteiger partial charge is 0.355 e. The molecule has 2 aromatic carbocycles. The van der Waals surface area contributed by atoms with E-state index >= 15 is 0 Å². The van der Waals surface area contributed by atoms with E-state index in [1.165, 1.54) is 4.31 Å². The highest BCUT2D eigenvalue weighted by Gasteiger charge is 2.35. The Kier molecular flexibility index (Phi) is 7.33. The molecule has 0 aromatic heterocycles. The smallest absolute Gasteiger partial charge is 0.243 e. The number of anilines is 1. The van der Waals surface area contributed by atoms with Gasteiger partial charge in [-0.2, -0.15) is 4.31 Å². The molecule has 0 radical (unpaired) electrons. The van der Waals surface area contributed by atoms with Crippen molar-refractivity contribution in [3.63, 3.8) is 0 Å². The van der Waals surface area contributed by atoms with Gasteiger partial charge in [0.1, 0.15) is 0 Å². The first kappa shape index (κ1) is 23.7. The van der Waals surface area contributed by atoms with Gasteiger partial charge in [0.05, 0.1) is 10.8 Å². The van der Waals surface area contributed by atoms with Gasteiger partial charge in [-0.25, -0.2) is 8.42 Å². The van der Waals surface area contributed by atoms with Crippen molar-refractivity contribution in [1.82, 2.24) is 14.5 Å². The molecule has 10 heteroatoms. The summed E-state index contributed by atoms with van der Waals surface area (Å²) in [5.41, 5.74) is 0.739. The molecule has 8 nitrogen and oxygen atoms in total. The highest BCUT2D eigenvalue weighted by Crippen LogP contribution is 2.26. The molecule has 2 aromatic rings. The predicted molar refractivity (Wildman–Crippen MR) is 127 cm³/mol. The molecule has 2 heterocycles. The van der Waals surface area contributed by atoms with Crippen LogP contribution in [0.4, 0.5) is 5.69 Å². The van der Waals surface area contributed by atoms with Crippen LogP contribution in [0.15, 0.2) is 59.5 Å². The van der Waals surface area contributed by atoms with Gasteiger partial charge in [-0.05, 0) is 36.4 Å². The average molecular weight is 491 g/mol. The first-order chi connectivity index (χ1) is 15.8. The van der Waals surface area contributed by atoms with Gasteiger partial charge in [0, 0.05) is 62.9 Å². The van der Waals surface area contributed by atoms with Crippen molar-refractivity contribution in [3.8, 4) is 0 Å². The Morgan fingerprint density at radius 2 is 1.67 bits per heavy atom. The van der Waals surface area contributed by atoms with Gasteiger partial charge in [0.25, 0.3) is 0 Å². The second kappa shape index (κ2) is 10.2. The van der Waals surface area contributed by atoms with Crippen molar-refractivity contribution in [2.24, 2.45) is 5.92 Å². The minimum absolute atomic E-state index is 0.0757. The third-order valence-electron chi connectivity index (χ3n) is 6.07. The number of nitrogens with one attached hydrogen (secondary N) is 1. The molecule has 2 aliphatic rings. The van der Waals surface area contributed by atoms with E-state index < -0.39 is 10.0 Å². The fourth-order valence-electron chi connectivity index (χ4n) is 4.17. The number of piperazine rings is 1. The lowest BCUT2D eigenvalue weighted by molar-refractivity contribution is -0.126. The summed E-state index contributed by atoms with van der Waals surface area (Å²) in [7, 11) is -3.47. The summed E-state index contributed by atoms with van der Waals surface area (Å²) in [6.45, 7) is 3.48. The Morgan fingerprint density at radius 1 is 1.00 bits per heavy atom. The summed E-state index contributed by atoms with van der Waals surface area (Å²) in [6.07, 6.45) is 0.185. The average Bonchev–Trinajstić information content (AvgIpc) is 3.22. The van der Waals surface area contributed by atoms with Crippen LogP contribution in [-0.4, -0.2) is 75.3 Å².